The van der Waals surface area contributed by atoms with Crippen molar-refractivity contribution in [2.75, 3.05) is 6.61 Å². The molecule has 0 aliphatic rings. The molecule has 0 saturated heterocycles. The van der Waals surface area contributed by atoms with E-state index in [4.69, 9.17) is 9.47 Å². The van der Waals surface area contributed by atoms with E-state index in [2.05, 4.69) is 10.6 Å². The first-order chi connectivity index (χ1) is 13.4. The van der Waals surface area contributed by atoms with E-state index < -0.39 is 24.0 Å². The smallest absolute Gasteiger partial charge is 0.344 e. The number of urea groups is 1. The zero-order chi connectivity index (χ0) is 20.5. The van der Waals surface area contributed by atoms with Crippen molar-refractivity contribution in [2.45, 2.75) is 33.4 Å². The lowest BCUT2D eigenvalue weighted by Crippen LogP contribution is -2.44. The summed E-state index contributed by atoms with van der Waals surface area (Å²) in [7, 11) is 0. The minimum Gasteiger partial charge on any atom is -0.481 e. The van der Waals surface area contributed by atoms with E-state index in [0.29, 0.717) is 5.75 Å². The van der Waals surface area contributed by atoms with Gasteiger partial charge >= 0.3 is 12.0 Å². The van der Waals surface area contributed by atoms with Crippen LogP contribution in [0.3, 0.4) is 0 Å². The maximum atomic E-state index is 12.0. The van der Waals surface area contributed by atoms with Gasteiger partial charge in [0.05, 0.1) is 0 Å². The summed E-state index contributed by atoms with van der Waals surface area (Å²) in [5, 5.41) is 4.70. The first kappa shape index (κ1) is 21.0. The molecule has 0 spiro atoms. The van der Waals surface area contributed by atoms with Gasteiger partial charge in [0, 0.05) is 6.54 Å². The molecule has 28 heavy (non-hydrogen) atoms. The molecule has 2 rings (SSSR count). The van der Waals surface area contributed by atoms with Crippen LogP contribution in [0.5, 0.6) is 5.75 Å². The van der Waals surface area contributed by atoms with Gasteiger partial charge in [0.2, 0.25) is 0 Å². The zero-order valence-electron chi connectivity index (χ0n) is 16.2. The molecular weight excluding hydrogens is 360 g/mol. The van der Waals surface area contributed by atoms with Crippen molar-refractivity contribution in [3.8, 4) is 5.75 Å². The van der Waals surface area contributed by atoms with Crippen molar-refractivity contribution in [2.24, 2.45) is 0 Å². The highest BCUT2D eigenvalue weighted by Gasteiger charge is 2.20. The lowest BCUT2D eigenvalue weighted by molar-refractivity contribution is -0.156. The first-order valence-corrected chi connectivity index (χ1v) is 8.88. The van der Waals surface area contributed by atoms with Crippen LogP contribution in [0.4, 0.5) is 4.79 Å². The molecule has 3 amide bonds. The molecule has 0 aliphatic heterocycles. The van der Waals surface area contributed by atoms with Gasteiger partial charge in [-0.1, -0.05) is 48.5 Å². The molecule has 2 N–H and O–H groups in total. The fourth-order valence-electron chi connectivity index (χ4n) is 2.48. The second-order valence-electron chi connectivity index (χ2n) is 6.30. The SMILES string of the molecule is Cc1cccc(C)c1OCC(=O)O[C@H](C)C(=O)NC(=O)NCc1ccccc1. The molecule has 0 aromatic heterocycles. The first-order valence-electron chi connectivity index (χ1n) is 8.88. The molecule has 0 saturated carbocycles. The Morgan fingerprint density at radius 1 is 0.964 bits per heavy atom. The number of para-hydroxylation sites is 1. The summed E-state index contributed by atoms with van der Waals surface area (Å²) >= 11 is 0. The normalized spacial score (nSPS) is 11.2. The van der Waals surface area contributed by atoms with Crippen LogP contribution in [0.15, 0.2) is 48.5 Å². The summed E-state index contributed by atoms with van der Waals surface area (Å²) in [6, 6.07) is 14.2. The van der Waals surface area contributed by atoms with E-state index in [1.165, 1.54) is 6.92 Å². The van der Waals surface area contributed by atoms with E-state index in [1.807, 2.05) is 62.4 Å². The van der Waals surface area contributed by atoms with Crippen LogP contribution in [-0.4, -0.2) is 30.6 Å². The molecule has 148 valence electrons. The number of amides is 3. The molecule has 0 bridgehead atoms. The second kappa shape index (κ2) is 10.1. The van der Waals surface area contributed by atoms with E-state index in [1.54, 1.807) is 0 Å². The monoisotopic (exact) mass is 384 g/mol. The number of imide groups is 1. The number of nitrogens with one attached hydrogen (secondary N) is 2. The molecule has 7 heteroatoms. The third-order valence-corrected chi connectivity index (χ3v) is 3.95. The Bertz CT molecular complexity index is 816. The Morgan fingerprint density at radius 3 is 2.25 bits per heavy atom. The zero-order valence-corrected chi connectivity index (χ0v) is 16.2. The van der Waals surface area contributed by atoms with Crippen LogP contribution in [0, 0.1) is 13.8 Å². The van der Waals surface area contributed by atoms with Crippen LogP contribution >= 0.6 is 0 Å². The van der Waals surface area contributed by atoms with Crippen molar-refractivity contribution < 1.29 is 23.9 Å². The van der Waals surface area contributed by atoms with Crippen LogP contribution in [0.1, 0.15) is 23.6 Å². The van der Waals surface area contributed by atoms with Gasteiger partial charge in [0.1, 0.15) is 5.75 Å². The summed E-state index contributed by atoms with van der Waals surface area (Å²) in [6.07, 6.45) is -1.13. The Morgan fingerprint density at radius 2 is 1.61 bits per heavy atom. The average molecular weight is 384 g/mol. The number of rotatable bonds is 7. The largest absolute Gasteiger partial charge is 0.481 e. The highest BCUT2D eigenvalue weighted by molar-refractivity contribution is 5.97. The predicted octanol–water partition coefficient (Wildman–Crippen LogP) is 2.64. The van der Waals surface area contributed by atoms with Gasteiger partial charge in [-0.05, 0) is 37.5 Å². The van der Waals surface area contributed by atoms with Crippen LogP contribution in [0.25, 0.3) is 0 Å². The van der Waals surface area contributed by atoms with Crippen LogP contribution in [-0.2, 0) is 20.9 Å². The summed E-state index contributed by atoms with van der Waals surface area (Å²) in [5.74, 6) is -0.808. The van der Waals surface area contributed by atoms with Crippen molar-refractivity contribution >= 4 is 17.9 Å². The number of aryl methyl sites for hydroxylation is 2. The number of carbonyl (C=O) groups excluding carboxylic acids is 3. The summed E-state index contributed by atoms with van der Waals surface area (Å²) in [6.45, 7) is 5.08. The van der Waals surface area contributed by atoms with E-state index in [0.717, 1.165) is 16.7 Å². The molecular formula is C21H24N2O5. The number of carbonyl (C=O) groups is 3. The number of hydrogen-bond donors (Lipinski definition) is 2. The molecule has 7 nitrogen and oxygen atoms in total. The number of ether oxygens (including phenoxy) is 2. The van der Waals surface area contributed by atoms with Gasteiger partial charge in [-0.25, -0.2) is 9.59 Å². The van der Waals surface area contributed by atoms with Gasteiger partial charge < -0.3 is 14.8 Å². The standard InChI is InChI=1S/C21H24N2O5/c1-14-8-7-9-15(2)19(14)27-13-18(24)28-16(3)20(25)23-21(26)22-12-17-10-5-4-6-11-17/h4-11,16H,12-13H2,1-3H3,(H2,22,23,25,26)/t16-/m1/s1. The molecule has 0 radical (unpaired) electrons. The second-order valence-corrected chi connectivity index (χ2v) is 6.30. The summed E-state index contributed by atoms with van der Waals surface area (Å²) in [4.78, 5) is 35.7. The maximum Gasteiger partial charge on any atom is 0.344 e. The van der Waals surface area contributed by atoms with Gasteiger partial charge in [-0.3, -0.25) is 10.1 Å². The highest BCUT2D eigenvalue weighted by atomic mass is 16.6. The molecule has 0 heterocycles. The maximum absolute atomic E-state index is 12.0. The summed E-state index contributed by atoms with van der Waals surface area (Å²) < 4.78 is 10.5. The number of benzene rings is 2. The highest BCUT2D eigenvalue weighted by Crippen LogP contribution is 2.22. The molecule has 0 fully saturated rings. The van der Waals surface area contributed by atoms with E-state index >= 15 is 0 Å². The lowest BCUT2D eigenvalue weighted by atomic mass is 10.1. The molecule has 2 aromatic rings. The number of hydrogen-bond acceptors (Lipinski definition) is 5. The van der Waals surface area contributed by atoms with Crippen molar-refractivity contribution in [1.82, 2.24) is 10.6 Å². The van der Waals surface area contributed by atoms with Gasteiger partial charge in [0.25, 0.3) is 5.91 Å². The van der Waals surface area contributed by atoms with Crippen LogP contribution in [0.2, 0.25) is 0 Å². The Labute approximate surface area is 164 Å². The minimum absolute atomic E-state index is 0.276. The van der Waals surface area contributed by atoms with Crippen molar-refractivity contribution in [1.29, 1.82) is 0 Å². The fourth-order valence-corrected chi connectivity index (χ4v) is 2.48. The van der Waals surface area contributed by atoms with E-state index in [9.17, 15) is 14.4 Å². The fraction of sp³-hybridized carbons (Fsp3) is 0.286. The quantitative estimate of drug-likeness (QED) is 0.716. The predicted molar refractivity (Wildman–Crippen MR) is 104 cm³/mol. The van der Waals surface area contributed by atoms with Gasteiger partial charge in [0.15, 0.2) is 12.7 Å². The third kappa shape index (κ3) is 6.42. The minimum atomic E-state index is -1.13. The molecule has 0 aliphatic carbocycles. The Balaban J connectivity index is 1.75. The Hall–Kier alpha value is -3.35. The average Bonchev–Trinajstić information content (AvgIpc) is 2.66. The van der Waals surface area contributed by atoms with E-state index in [-0.39, 0.29) is 13.2 Å². The summed E-state index contributed by atoms with van der Waals surface area (Å²) in [5.41, 5.74) is 2.69. The number of esters is 1. The molecule has 2 aromatic carbocycles. The molecule has 1 atom stereocenters. The van der Waals surface area contributed by atoms with Crippen molar-refractivity contribution in [3.05, 3.63) is 65.2 Å². The van der Waals surface area contributed by atoms with Gasteiger partial charge in [-0.2, -0.15) is 0 Å². The molecule has 0 unspecified atom stereocenters. The Kier molecular flexibility index (Phi) is 7.56. The van der Waals surface area contributed by atoms with Crippen molar-refractivity contribution in [3.63, 3.8) is 0 Å². The topological polar surface area (TPSA) is 93.7 Å². The van der Waals surface area contributed by atoms with Gasteiger partial charge in [-0.15, -0.1) is 0 Å². The third-order valence-electron chi connectivity index (χ3n) is 3.95. The lowest BCUT2D eigenvalue weighted by Gasteiger charge is -2.15. The van der Waals surface area contributed by atoms with Crippen LogP contribution < -0.4 is 15.4 Å².